The van der Waals surface area contributed by atoms with Gasteiger partial charge in [0, 0.05) is 13.1 Å². The topological polar surface area (TPSA) is 50.4 Å². The molecule has 21 heavy (non-hydrogen) atoms. The quantitative estimate of drug-likeness (QED) is 0.652. The van der Waals surface area contributed by atoms with E-state index in [9.17, 15) is 4.79 Å². The molecule has 1 aromatic carbocycles. The minimum Gasteiger partial charge on any atom is -0.483 e. The van der Waals surface area contributed by atoms with Gasteiger partial charge < -0.3 is 15.4 Å². The molecule has 118 valence electrons. The number of amides is 1. The van der Waals surface area contributed by atoms with Crippen molar-refractivity contribution in [2.45, 2.75) is 39.5 Å². The van der Waals surface area contributed by atoms with Gasteiger partial charge in [0.1, 0.15) is 5.75 Å². The molecule has 0 aliphatic carbocycles. The lowest BCUT2D eigenvalue weighted by Gasteiger charge is -2.15. The molecule has 0 spiro atoms. The van der Waals surface area contributed by atoms with Crippen LogP contribution in [0.4, 0.5) is 0 Å². The summed E-state index contributed by atoms with van der Waals surface area (Å²) in [6.07, 6.45) is 2.15. The summed E-state index contributed by atoms with van der Waals surface area (Å²) in [5, 5.41) is 6.09. The Hall–Kier alpha value is -1.55. The monoisotopic (exact) mass is 292 g/mol. The molecular weight excluding hydrogens is 264 g/mol. The van der Waals surface area contributed by atoms with Crippen LogP contribution in [-0.2, 0) is 4.79 Å². The highest BCUT2D eigenvalue weighted by Gasteiger charge is 2.10. The molecule has 0 aromatic heterocycles. The lowest BCUT2D eigenvalue weighted by molar-refractivity contribution is -0.123. The summed E-state index contributed by atoms with van der Waals surface area (Å²) in [7, 11) is 0. The Morgan fingerprint density at radius 2 is 1.95 bits per heavy atom. The van der Waals surface area contributed by atoms with Crippen LogP contribution in [0.5, 0.6) is 5.75 Å². The van der Waals surface area contributed by atoms with E-state index in [1.165, 1.54) is 0 Å². The van der Waals surface area contributed by atoms with Gasteiger partial charge in [-0.05, 0) is 36.9 Å². The fraction of sp³-hybridized carbons (Fsp3) is 0.588. The van der Waals surface area contributed by atoms with E-state index >= 15 is 0 Å². The Kier molecular flexibility index (Phi) is 8.51. The molecule has 1 aromatic rings. The molecule has 0 aliphatic heterocycles. The number of hydrogen-bond donors (Lipinski definition) is 2. The first-order valence-corrected chi connectivity index (χ1v) is 7.88. The summed E-state index contributed by atoms with van der Waals surface area (Å²) in [6.45, 7) is 8.92. The van der Waals surface area contributed by atoms with E-state index < -0.39 is 0 Å². The zero-order valence-electron chi connectivity index (χ0n) is 13.4. The van der Waals surface area contributed by atoms with Crippen molar-refractivity contribution in [2.24, 2.45) is 0 Å². The van der Waals surface area contributed by atoms with E-state index in [-0.39, 0.29) is 12.5 Å². The Morgan fingerprint density at radius 1 is 1.19 bits per heavy atom. The summed E-state index contributed by atoms with van der Waals surface area (Å²) in [4.78, 5) is 11.7. The number of carbonyl (C=O) groups is 1. The number of ether oxygens (including phenoxy) is 1. The van der Waals surface area contributed by atoms with E-state index in [0.717, 1.165) is 37.2 Å². The summed E-state index contributed by atoms with van der Waals surface area (Å²) in [6, 6.07) is 7.94. The van der Waals surface area contributed by atoms with Gasteiger partial charge in [0.15, 0.2) is 6.61 Å². The number of nitrogens with one attached hydrogen (secondary N) is 2. The molecule has 1 unspecified atom stereocenters. The number of carbonyl (C=O) groups excluding carboxylic acids is 1. The molecule has 0 radical (unpaired) electrons. The zero-order valence-corrected chi connectivity index (χ0v) is 13.4. The number of hydrogen-bond acceptors (Lipinski definition) is 3. The van der Waals surface area contributed by atoms with Gasteiger partial charge in [-0.25, -0.2) is 0 Å². The van der Waals surface area contributed by atoms with Gasteiger partial charge in [-0.3, -0.25) is 4.79 Å². The van der Waals surface area contributed by atoms with Crippen LogP contribution < -0.4 is 15.4 Å². The predicted molar refractivity (Wildman–Crippen MR) is 86.8 cm³/mol. The van der Waals surface area contributed by atoms with Crippen molar-refractivity contribution in [3.63, 3.8) is 0 Å². The average Bonchev–Trinajstić information content (AvgIpc) is 2.52. The second kappa shape index (κ2) is 10.2. The number of rotatable bonds is 10. The average molecular weight is 292 g/mol. The summed E-state index contributed by atoms with van der Waals surface area (Å²) in [5.74, 6) is 1.17. The molecule has 1 atom stereocenters. The highest BCUT2D eigenvalue weighted by atomic mass is 16.5. The molecule has 1 rings (SSSR count). The van der Waals surface area contributed by atoms with Gasteiger partial charge in [-0.2, -0.15) is 0 Å². The highest BCUT2D eigenvalue weighted by Crippen LogP contribution is 2.28. The van der Waals surface area contributed by atoms with Crippen LogP contribution >= 0.6 is 0 Å². The van der Waals surface area contributed by atoms with Crippen LogP contribution in [0.2, 0.25) is 0 Å². The molecule has 4 nitrogen and oxygen atoms in total. The SMILES string of the molecule is CCCNCCNC(=O)COc1ccccc1C(C)CC. The van der Waals surface area contributed by atoms with Crippen LogP contribution in [-0.4, -0.2) is 32.1 Å². The summed E-state index contributed by atoms with van der Waals surface area (Å²) in [5.41, 5.74) is 1.16. The Labute approximate surface area is 128 Å². The van der Waals surface area contributed by atoms with Gasteiger partial charge in [0.05, 0.1) is 0 Å². The van der Waals surface area contributed by atoms with Crippen LogP contribution in [0, 0.1) is 0 Å². The zero-order chi connectivity index (χ0) is 15.5. The highest BCUT2D eigenvalue weighted by molar-refractivity contribution is 5.77. The molecule has 2 N–H and O–H groups in total. The molecular formula is C17H28N2O2. The molecule has 0 saturated carbocycles. The van der Waals surface area contributed by atoms with Crippen molar-refractivity contribution in [1.82, 2.24) is 10.6 Å². The van der Waals surface area contributed by atoms with Crippen molar-refractivity contribution in [1.29, 1.82) is 0 Å². The van der Waals surface area contributed by atoms with Crippen molar-refractivity contribution in [2.75, 3.05) is 26.2 Å². The predicted octanol–water partition coefficient (Wildman–Crippen LogP) is 2.69. The third kappa shape index (κ3) is 6.63. The third-order valence-corrected chi connectivity index (χ3v) is 3.47. The van der Waals surface area contributed by atoms with Crippen LogP contribution in [0.15, 0.2) is 24.3 Å². The van der Waals surface area contributed by atoms with Crippen LogP contribution in [0.3, 0.4) is 0 Å². The molecule has 0 aliphatic rings. The number of para-hydroxylation sites is 1. The maximum Gasteiger partial charge on any atom is 0.257 e. The maximum atomic E-state index is 11.7. The van der Waals surface area contributed by atoms with Gasteiger partial charge >= 0.3 is 0 Å². The molecule has 4 heteroatoms. The molecule has 0 heterocycles. The first-order chi connectivity index (χ1) is 10.2. The van der Waals surface area contributed by atoms with Gasteiger partial charge in [0.2, 0.25) is 0 Å². The van der Waals surface area contributed by atoms with E-state index in [1.807, 2.05) is 18.2 Å². The van der Waals surface area contributed by atoms with E-state index in [0.29, 0.717) is 12.5 Å². The van der Waals surface area contributed by atoms with Crippen molar-refractivity contribution < 1.29 is 9.53 Å². The van der Waals surface area contributed by atoms with Crippen LogP contribution in [0.25, 0.3) is 0 Å². The molecule has 0 bridgehead atoms. The van der Waals surface area contributed by atoms with Gasteiger partial charge in [0.25, 0.3) is 5.91 Å². The smallest absolute Gasteiger partial charge is 0.257 e. The second-order valence-corrected chi connectivity index (χ2v) is 5.24. The standard InChI is InChI=1S/C17H28N2O2/c1-4-10-18-11-12-19-17(20)13-21-16-9-7-6-8-15(16)14(3)5-2/h6-9,14,18H,4-5,10-13H2,1-3H3,(H,19,20). The van der Waals surface area contributed by atoms with Crippen LogP contribution in [0.1, 0.15) is 45.1 Å². The first-order valence-electron chi connectivity index (χ1n) is 7.88. The normalized spacial score (nSPS) is 12.0. The van der Waals surface area contributed by atoms with E-state index in [4.69, 9.17) is 4.74 Å². The van der Waals surface area contributed by atoms with Crippen molar-refractivity contribution >= 4 is 5.91 Å². The minimum atomic E-state index is -0.0766. The molecule has 1 amide bonds. The Balaban J connectivity index is 2.36. The summed E-state index contributed by atoms with van der Waals surface area (Å²) >= 11 is 0. The van der Waals surface area contributed by atoms with Gasteiger partial charge in [-0.1, -0.05) is 39.0 Å². The summed E-state index contributed by atoms with van der Waals surface area (Å²) < 4.78 is 5.67. The second-order valence-electron chi connectivity index (χ2n) is 5.24. The minimum absolute atomic E-state index is 0.0707. The Bertz CT molecular complexity index is 421. The molecule has 0 fully saturated rings. The fourth-order valence-electron chi connectivity index (χ4n) is 2.03. The van der Waals surface area contributed by atoms with E-state index in [2.05, 4.69) is 37.5 Å². The fourth-order valence-corrected chi connectivity index (χ4v) is 2.03. The number of benzene rings is 1. The first kappa shape index (κ1) is 17.5. The maximum absolute atomic E-state index is 11.7. The van der Waals surface area contributed by atoms with Crippen molar-refractivity contribution in [3.8, 4) is 5.75 Å². The lowest BCUT2D eigenvalue weighted by Crippen LogP contribution is -2.35. The lowest BCUT2D eigenvalue weighted by atomic mass is 9.98. The largest absolute Gasteiger partial charge is 0.483 e. The third-order valence-electron chi connectivity index (χ3n) is 3.47. The van der Waals surface area contributed by atoms with Crippen molar-refractivity contribution in [3.05, 3.63) is 29.8 Å². The Morgan fingerprint density at radius 3 is 2.67 bits per heavy atom. The van der Waals surface area contributed by atoms with E-state index in [1.54, 1.807) is 0 Å². The molecule has 0 saturated heterocycles. The van der Waals surface area contributed by atoms with Gasteiger partial charge in [-0.15, -0.1) is 0 Å².